The molecule has 0 saturated heterocycles. The monoisotopic (exact) mass is 231 g/mol. The summed E-state index contributed by atoms with van der Waals surface area (Å²) in [6.45, 7) is 0.444. The summed E-state index contributed by atoms with van der Waals surface area (Å²) in [5.74, 6) is 0.240. The van der Waals surface area contributed by atoms with Crippen LogP contribution in [0.1, 0.15) is 18.5 Å². The van der Waals surface area contributed by atoms with Gasteiger partial charge in [0.2, 0.25) is 6.54 Å². The quantitative estimate of drug-likeness (QED) is 0.744. The summed E-state index contributed by atoms with van der Waals surface area (Å²) in [7, 11) is 0. The molecule has 0 bridgehead atoms. The fourth-order valence-electron chi connectivity index (χ4n) is 1.63. The molecule has 2 aromatic heterocycles. The molecule has 0 aliphatic heterocycles. The summed E-state index contributed by atoms with van der Waals surface area (Å²) in [5.41, 5.74) is 0.908. The maximum atomic E-state index is 11.7. The number of aromatic nitrogens is 4. The number of aromatic amines is 1. The van der Waals surface area contributed by atoms with Crippen LogP contribution >= 0.6 is 0 Å². The first-order valence-electron chi connectivity index (χ1n) is 5.65. The Bertz CT molecular complexity index is 453. The molecular formula is C12H15N4O+. The molecule has 0 aromatic carbocycles. The number of aryl methyl sites for hydroxylation is 1. The standard InChI is InChI=1S/C12H15N4O/c17-12(10-16-7-2-1-3-8-16)6-4-5-11-9-13-15-14-11/h1-3,7-9H,4-6,10H2,(H,13,14,15)/q+1. The fraction of sp³-hybridized carbons (Fsp3) is 0.333. The van der Waals surface area contributed by atoms with Crippen molar-refractivity contribution in [1.29, 1.82) is 0 Å². The van der Waals surface area contributed by atoms with Crippen LogP contribution < -0.4 is 4.57 Å². The molecule has 5 nitrogen and oxygen atoms in total. The molecule has 0 unspecified atom stereocenters. The van der Waals surface area contributed by atoms with Gasteiger partial charge in [0.25, 0.3) is 0 Å². The van der Waals surface area contributed by atoms with E-state index in [4.69, 9.17) is 0 Å². The lowest BCUT2D eigenvalue weighted by Gasteiger charge is -1.97. The number of ketones is 1. The zero-order chi connectivity index (χ0) is 11.9. The topological polar surface area (TPSA) is 62.5 Å². The van der Waals surface area contributed by atoms with Gasteiger partial charge in [-0.2, -0.15) is 20.0 Å². The predicted octanol–water partition coefficient (Wildman–Crippen LogP) is 0.684. The molecule has 0 radical (unpaired) electrons. The Morgan fingerprint density at radius 3 is 2.82 bits per heavy atom. The second kappa shape index (κ2) is 5.89. The number of hydrogen-bond donors (Lipinski definition) is 1. The van der Waals surface area contributed by atoms with Gasteiger partial charge in [-0.05, 0) is 12.8 Å². The van der Waals surface area contributed by atoms with Gasteiger partial charge in [-0.15, -0.1) is 0 Å². The summed E-state index contributed by atoms with van der Waals surface area (Å²) in [6.07, 6.45) is 7.68. The van der Waals surface area contributed by atoms with Crippen molar-refractivity contribution in [3.8, 4) is 0 Å². The number of rotatable bonds is 6. The lowest BCUT2D eigenvalue weighted by atomic mass is 10.1. The predicted molar refractivity (Wildman–Crippen MR) is 61.0 cm³/mol. The average Bonchev–Trinajstić information content (AvgIpc) is 2.83. The first kappa shape index (κ1) is 11.4. The van der Waals surface area contributed by atoms with E-state index in [1.54, 1.807) is 6.20 Å². The maximum Gasteiger partial charge on any atom is 0.206 e. The molecule has 0 fully saturated rings. The van der Waals surface area contributed by atoms with E-state index < -0.39 is 0 Å². The van der Waals surface area contributed by atoms with Crippen molar-refractivity contribution in [1.82, 2.24) is 15.4 Å². The van der Waals surface area contributed by atoms with E-state index in [2.05, 4.69) is 15.4 Å². The molecule has 88 valence electrons. The van der Waals surface area contributed by atoms with Gasteiger partial charge in [0.05, 0.1) is 11.9 Å². The van der Waals surface area contributed by atoms with E-state index in [0.29, 0.717) is 13.0 Å². The third-order valence-corrected chi connectivity index (χ3v) is 2.49. The van der Waals surface area contributed by atoms with Gasteiger partial charge in [0.15, 0.2) is 18.2 Å². The van der Waals surface area contributed by atoms with Crippen molar-refractivity contribution >= 4 is 5.78 Å². The molecule has 0 saturated carbocycles. The normalized spacial score (nSPS) is 10.4. The van der Waals surface area contributed by atoms with E-state index in [-0.39, 0.29) is 5.78 Å². The second-order valence-corrected chi connectivity index (χ2v) is 3.90. The van der Waals surface area contributed by atoms with E-state index in [9.17, 15) is 4.79 Å². The van der Waals surface area contributed by atoms with Crippen LogP contribution in [-0.4, -0.2) is 21.2 Å². The SMILES string of the molecule is O=C(CCCc1cn[nH]n1)C[n+]1ccccc1. The van der Waals surface area contributed by atoms with Crippen molar-refractivity contribution in [2.75, 3.05) is 0 Å². The molecule has 0 aliphatic carbocycles. The highest BCUT2D eigenvalue weighted by Crippen LogP contribution is 2.00. The van der Waals surface area contributed by atoms with Crippen molar-refractivity contribution in [3.63, 3.8) is 0 Å². The van der Waals surface area contributed by atoms with Gasteiger partial charge in [0, 0.05) is 18.6 Å². The molecule has 0 atom stereocenters. The Kier molecular flexibility index (Phi) is 3.96. The number of carbonyl (C=O) groups is 1. The van der Waals surface area contributed by atoms with Crippen LogP contribution in [0.2, 0.25) is 0 Å². The van der Waals surface area contributed by atoms with E-state index in [1.807, 2.05) is 35.2 Å². The number of Topliss-reactive ketones (excluding diaryl/α,β-unsaturated/α-hetero) is 1. The highest BCUT2D eigenvalue weighted by atomic mass is 16.1. The zero-order valence-electron chi connectivity index (χ0n) is 9.54. The summed E-state index contributed by atoms with van der Waals surface area (Å²) in [6, 6.07) is 5.77. The third-order valence-electron chi connectivity index (χ3n) is 2.49. The van der Waals surface area contributed by atoms with Gasteiger partial charge >= 0.3 is 0 Å². The Morgan fingerprint density at radius 2 is 2.12 bits per heavy atom. The van der Waals surface area contributed by atoms with Crippen LogP contribution in [-0.2, 0) is 17.8 Å². The Morgan fingerprint density at radius 1 is 1.29 bits per heavy atom. The van der Waals surface area contributed by atoms with E-state index >= 15 is 0 Å². The molecule has 0 spiro atoms. The summed E-state index contributed by atoms with van der Waals surface area (Å²) < 4.78 is 1.89. The molecular weight excluding hydrogens is 216 g/mol. The molecule has 2 rings (SSSR count). The largest absolute Gasteiger partial charge is 0.293 e. The van der Waals surface area contributed by atoms with Crippen LogP contribution in [0.3, 0.4) is 0 Å². The number of nitrogens with one attached hydrogen (secondary N) is 1. The molecule has 5 heteroatoms. The smallest absolute Gasteiger partial charge is 0.206 e. The fourth-order valence-corrected chi connectivity index (χ4v) is 1.63. The van der Waals surface area contributed by atoms with Crippen LogP contribution in [0.4, 0.5) is 0 Å². The summed E-state index contributed by atoms with van der Waals surface area (Å²) in [5, 5.41) is 10.2. The molecule has 0 amide bonds. The van der Waals surface area contributed by atoms with E-state index in [1.165, 1.54) is 0 Å². The van der Waals surface area contributed by atoms with Crippen LogP contribution in [0, 0.1) is 0 Å². The first-order valence-corrected chi connectivity index (χ1v) is 5.65. The van der Waals surface area contributed by atoms with Crippen molar-refractivity contribution in [2.24, 2.45) is 0 Å². The van der Waals surface area contributed by atoms with Crippen LogP contribution in [0.15, 0.2) is 36.8 Å². The lowest BCUT2D eigenvalue weighted by molar-refractivity contribution is -0.684. The first-order chi connectivity index (χ1) is 8.34. The molecule has 17 heavy (non-hydrogen) atoms. The Labute approximate surface area is 99.5 Å². The van der Waals surface area contributed by atoms with Gasteiger partial charge in [0.1, 0.15) is 0 Å². The van der Waals surface area contributed by atoms with E-state index in [0.717, 1.165) is 18.5 Å². The maximum absolute atomic E-state index is 11.7. The molecule has 2 aromatic rings. The second-order valence-electron chi connectivity index (χ2n) is 3.90. The number of carbonyl (C=O) groups excluding carboxylic acids is 1. The van der Waals surface area contributed by atoms with Crippen LogP contribution in [0.5, 0.6) is 0 Å². The summed E-state index contributed by atoms with van der Waals surface area (Å²) >= 11 is 0. The Balaban J connectivity index is 1.71. The van der Waals surface area contributed by atoms with Gasteiger partial charge in [-0.3, -0.25) is 4.79 Å². The third kappa shape index (κ3) is 3.79. The zero-order valence-corrected chi connectivity index (χ0v) is 9.54. The Hall–Kier alpha value is -2.04. The number of hydrogen-bond acceptors (Lipinski definition) is 3. The minimum Gasteiger partial charge on any atom is -0.293 e. The molecule has 1 N–H and O–H groups in total. The summed E-state index contributed by atoms with van der Waals surface area (Å²) in [4.78, 5) is 11.7. The number of pyridine rings is 1. The minimum absolute atomic E-state index is 0.240. The average molecular weight is 231 g/mol. The highest BCUT2D eigenvalue weighted by molar-refractivity contribution is 5.76. The van der Waals surface area contributed by atoms with Crippen molar-refractivity contribution < 1.29 is 9.36 Å². The minimum atomic E-state index is 0.240. The number of H-pyrrole nitrogens is 1. The van der Waals surface area contributed by atoms with Gasteiger partial charge in [-0.25, -0.2) is 0 Å². The molecule has 2 heterocycles. The van der Waals surface area contributed by atoms with Gasteiger partial charge < -0.3 is 0 Å². The van der Waals surface area contributed by atoms with Gasteiger partial charge in [-0.1, -0.05) is 6.07 Å². The lowest BCUT2D eigenvalue weighted by Crippen LogP contribution is -2.36. The number of nitrogens with zero attached hydrogens (tertiary/aromatic N) is 3. The highest BCUT2D eigenvalue weighted by Gasteiger charge is 2.08. The van der Waals surface area contributed by atoms with Crippen molar-refractivity contribution in [3.05, 3.63) is 42.5 Å². The molecule has 0 aliphatic rings. The van der Waals surface area contributed by atoms with Crippen molar-refractivity contribution in [2.45, 2.75) is 25.8 Å². The van der Waals surface area contributed by atoms with Crippen LogP contribution in [0.25, 0.3) is 0 Å².